The van der Waals surface area contributed by atoms with E-state index in [1.54, 1.807) is 18.4 Å². The van der Waals surface area contributed by atoms with Crippen LogP contribution in [0.2, 0.25) is 0 Å². The van der Waals surface area contributed by atoms with Crippen molar-refractivity contribution in [2.45, 2.75) is 46.0 Å². The fraction of sp³-hybridized carbons (Fsp3) is 0.750. The van der Waals surface area contributed by atoms with E-state index in [1.807, 2.05) is 0 Å². The highest BCUT2D eigenvalue weighted by molar-refractivity contribution is 7.07. The summed E-state index contributed by atoms with van der Waals surface area (Å²) in [6, 6.07) is 2.27. The largest absolute Gasteiger partial charge is 0.383 e. The fourth-order valence-electron chi connectivity index (χ4n) is 2.57. The molecular weight excluding hydrogens is 254 g/mol. The minimum atomic E-state index is 0.408. The molecule has 0 fully saturated rings. The summed E-state index contributed by atoms with van der Waals surface area (Å²) < 4.78 is 5.12. The highest BCUT2D eigenvalue weighted by Crippen LogP contribution is 2.33. The van der Waals surface area contributed by atoms with E-state index in [1.165, 1.54) is 37.7 Å². The van der Waals surface area contributed by atoms with Crippen LogP contribution >= 0.6 is 11.3 Å². The minimum Gasteiger partial charge on any atom is -0.383 e. The van der Waals surface area contributed by atoms with E-state index >= 15 is 0 Å². The average Bonchev–Trinajstić information content (AvgIpc) is 2.93. The summed E-state index contributed by atoms with van der Waals surface area (Å²) >= 11 is 1.81. The van der Waals surface area contributed by atoms with E-state index in [4.69, 9.17) is 4.74 Å². The van der Waals surface area contributed by atoms with Gasteiger partial charge in [-0.2, -0.15) is 11.3 Å². The Morgan fingerprint density at radius 1 is 1.37 bits per heavy atom. The van der Waals surface area contributed by atoms with Crippen LogP contribution in [0.3, 0.4) is 0 Å². The first-order valence-electron chi connectivity index (χ1n) is 7.47. The maximum absolute atomic E-state index is 5.12. The van der Waals surface area contributed by atoms with E-state index in [0.29, 0.717) is 5.41 Å². The van der Waals surface area contributed by atoms with Crippen LogP contribution < -0.4 is 5.32 Å². The summed E-state index contributed by atoms with van der Waals surface area (Å²) in [5.41, 5.74) is 1.90. The number of hydrogen-bond donors (Lipinski definition) is 1. The third-order valence-electron chi connectivity index (χ3n) is 3.95. The van der Waals surface area contributed by atoms with Gasteiger partial charge >= 0.3 is 0 Å². The Balaban J connectivity index is 2.58. The second kappa shape index (κ2) is 9.51. The molecule has 0 bridgehead atoms. The first-order valence-corrected chi connectivity index (χ1v) is 8.41. The van der Waals surface area contributed by atoms with Gasteiger partial charge in [0.2, 0.25) is 0 Å². The number of hydrogen-bond acceptors (Lipinski definition) is 3. The van der Waals surface area contributed by atoms with Gasteiger partial charge in [0, 0.05) is 20.2 Å². The van der Waals surface area contributed by atoms with Crippen LogP contribution in [0.4, 0.5) is 0 Å². The number of rotatable bonds is 11. The maximum atomic E-state index is 5.12. The third kappa shape index (κ3) is 6.07. The molecule has 1 aromatic heterocycles. The third-order valence-corrected chi connectivity index (χ3v) is 4.68. The molecule has 0 amide bonds. The van der Waals surface area contributed by atoms with Gasteiger partial charge in [-0.05, 0) is 47.1 Å². The fourth-order valence-corrected chi connectivity index (χ4v) is 3.24. The Kier molecular flexibility index (Phi) is 8.35. The molecule has 1 atom stereocenters. The summed E-state index contributed by atoms with van der Waals surface area (Å²) in [7, 11) is 1.76. The van der Waals surface area contributed by atoms with Crippen molar-refractivity contribution in [2.75, 3.05) is 26.8 Å². The molecule has 0 spiro atoms. The molecule has 1 rings (SSSR count). The molecule has 1 aromatic rings. The Labute approximate surface area is 122 Å². The number of nitrogens with one attached hydrogen (secondary N) is 1. The standard InChI is InChI=1S/C16H29NOS/c1-4-6-8-16(5-2,14-17-9-10-18-3)12-15-7-11-19-13-15/h7,11,13,17H,4-6,8-10,12,14H2,1-3H3. The van der Waals surface area contributed by atoms with Crippen LogP contribution in [0.15, 0.2) is 16.8 Å². The van der Waals surface area contributed by atoms with Crippen LogP contribution in [-0.4, -0.2) is 26.8 Å². The second-order valence-electron chi connectivity index (χ2n) is 5.44. The molecule has 1 heterocycles. The molecular formula is C16H29NOS. The van der Waals surface area contributed by atoms with Crippen molar-refractivity contribution < 1.29 is 4.74 Å². The quantitative estimate of drug-likeness (QED) is 0.617. The lowest BCUT2D eigenvalue weighted by Crippen LogP contribution is -2.37. The van der Waals surface area contributed by atoms with Gasteiger partial charge < -0.3 is 10.1 Å². The molecule has 3 heteroatoms. The molecule has 1 N–H and O–H groups in total. The highest BCUT2D eigenvalue weighted by atomic mass is 32.1. The van der Waals surface area contributed by atoms with E-state index in [9.17, 15) is 0 Å². The Morgan fingerprint density at radius 3 is 2.79 bits per heavy atom. The van der Waals surface area contributed by atoms with Gasteiger partial charge in [0.15, 0.2) is 0 Å². The van der Waals surface area contributed by atoms with Crippen LogP contribution in [-0.2, 0) is 11.2 Å². The summed E-state index contributed by atoms with van der Waals surface area (Å²) in [5, 5.41) is 8.06. The van der Waals surface area contributed by atoms with Gasteiger partial charge in [-0.15, -0.1) is 0 Å². The van der Waals surface area contributed by atoms with Crippen molar-refractivity contribution in [1.82, 2.24) is 5.32 Å². The lowest BCUT2D eigenvalue weighted by molar-refractivity contribution is 0.182. The Hall–Kier alpha value is -0.380. The molecule has 0 saturated carbocycles. The predicted molar refractivity (Wildman–Crippen MR) is 85.0 cm³/mol. The molecule has 2 nitrogen and oxygen atoms in total. The zero-order chi connectivity index (χ0) is 14.0. The van der Waals surface area contributed by atoms with Gasteiger partial charge in [0.25, 0.3) is 0 Å². The molecule has 0 aromatic carbocycles. The number of unbranched alkanes of at least 4 members (excludes halogenated alkanes) is 1. The molecule has 0 aliphatic rings. The SMILES string of the molecule is CCCCC(CC)(CNCCOC)Cc1ccsc1. The van der Waals surface area contributed by atoms with Crippen molar-refractivity contribution in [1.29, 1.82) is 0 Å². The molecule has 110 valence electrons. The molecule has 0 radical (unpaired) electrons. The second-order valence-corrected chi connectivity index (χ2v) is 6.22. The molecule has 0 aliphatic heterocycles. The van der Waals surface area contributed by atoms with Gasteiger partial charge in [-0.1, -0.05) is 26.7 Å². The number of thiophene rings is 1. The van der Waals surface area contributed by atoms with Crippen LogP contribution in [0.5, 0.6) is 0 Å². The predicted octanol–water partition coefficient (Wildman–Crippen LogP) is 4.11. The summed E-state index contributed by atoms with van der Waals surface area (Å²) in [6.07, 6.45) is 6.36. The van der Waals surface area contributed by atoms with E-state index in [0.717, 1.165) is 19.7 Å². The molecule has 1 unspecified atom stereocenters. The van der Waals surface area contributed by atoms with E-state index in [2.05, 4.69) is 36.0 Å². The van der Waals surface area contributed by atoms with E-state index in [-0.39, 0.29) is 0 Å². The highest BCUT2D eigenvalue weighted by Gasteiger charge is 2.27. The van der Waals surface area contributed by atoms with E-state index < -0.39 is 0 Å². The lowest BCUT2D eigenvalue weighted by atomic mass is 9.75. The summed E-state index contributed by atoms with van der Waals surface area (Å²) in [4.78, 5) is 0. The van der Waals surface area contributed by atoms with Crippen LogP contribution in [0.25, 0.3) is 0 Å². The zero-order valence-electron chi connectivity index (χ0n) is 12.7. The molecule has 0 saturated heterocycles. The first-order chi connectivity index (χ1) is 9.26. The minimum absolute atomic E-state index is 0.408. The zero-order valence-corrected chi connectivity index (χ0v) is 13.5. The lowest BCUT2D eigenvalue weighted by Gasteiger charge is -2.33. The van der Waals surface area contributed by atoms with Crippen molar-refractivity contribution >= 4 is 11.3 Å². The normalized spacial score (nSPS) is 14.5. The summed E-state index contributed by atoms with van der Waals surface area (Å²) in [6.45, 7) is 7.46. The van der Waals surface area contributed by atoms with Crippen LogP contribution in [0, 0.1) is 5.41 Å². The van der Waals surface area contributed by atoms with Gasteiger partial charge in [-0.3, -0.25) is 0 Å². The van der Waals surface area contributed by atoms with Crippen molar-refractivity contribution in [3.05, 3.63) is 22.4 Å². The monoisotopic (exact) mass is 283 g/mol. The average molecular weight is 283 g/mol. The topological polar surface area (TPSA) is 21.3 Å². The van der Waals surface area contributed by atoms with Gasteiger partial charge in [0.05, 0.1) is 6.61 Å². The van der Waals surface area contributed by atoms with Crippen LogP contribution in [0.1, 0.15) is 45.1 Å². The smallest absolute Gasteiger partial charge is 0.0587 e. The number of methoxy groups -OCH3 is 1. The molecule has 19 heavy (non-hydrogen) atoms. The van der Waals surface area contributed by atoms with Gasteiger partial charge in [-0.25, -0.2) is 0 Å². The van der Waals surface area contributed by atoms with Crippen molar-refractivity contribution in [2.24, 2.45) is 5.41 Å². The maximum Gasteiger partial charge on any atom is 0.0587 e. The number of ether oxygens (including phenoxy) is 1. The molecule has 0 aliphatic carbocycles. The first kappa shape index (κ1) is 16.7. The Bertz CT molecular complexity index is 313. The van der Waals surface area contributed by atoms with Crippen molar-refractivity contribution in [3.8, 4) is 0 Å². The van der Waals surface area contributed by atoms with Crippen molar-refractivity contribution in [3.63, 3.8) is 0 Å². The summed E-state index contributed by atoms with van der Waals surface area (Å²) in [5.74, 6) is 0. The van der Waals surface area contributed by atoms with Gasteiger partial charge in [0.1, 0.15) is 0 Å². The Morgan fingerprint density at radius 2 is 2.21 bits per heavy atom.